The van der Waals surface area contributed by atoms with E-state index in [0.29, 0.717) is 18.7 Å². The minimum atomic E-state index is -0.250. The molecule has 0 aliphatic rings. The van der Waals surface area contributed by atoms with Crippen LogP contribution in [0.15, 0.2) is 42.5 Å². The molecular formula is C20H24N2O3. The van der Waals surface area contributed by atoms with Crippen molar-refractivity contribution in [2.24, 2.45) is 0 Å². The minimum absolute atomic E-state index is 0.0586. The van der Waals surface area contributed by atoms with Crippen LogP contribution in [0.2, 0.25) is 0 Å². The van der Waals surface area contributed by atoms with Gasteiger partial charge < -0.3 is 15.4 Å². The monoisotopic (exact) mass is 340 g/mol. The lowest BCUT2D eigenvalue weighted by Gasteiger charge is -2.09. The first-order valence-electron chi connectivity index (χ1n) is 8.33. The Morgan fingerprint density at radius 1 is 1.00 bits per heavy atom. The van der Waals surface area contributed by atoms with Crippen LogP contribution in [0.25, 0.3) is 0 Å². The molecule has 25 heavy (non-hydrogen) atoms. The Hall–Kier alpha value is -2.82. The van der Waals surface area contributed by atoms with E-state index in [4.69, 9.17) is 4.74 Å². The van der Waals surface area contributed by atoms with Gasteiger partial charge in [0.25, 0.3) is 5.91 Å². The van der Waals surface area contributed by atoms with E-state index in [2.05, 4.69) is 10.6 Å². The molecule has 0 aromatic heterocycles. The zero-order valence-electron chi connectivity index (χ0n) is 14.9. The van der Waals surface area contributed by atoms with Crippen molar-refractivity contribution >= 4 is 11.8 Å². The molecule has 0 saturated heterocycles. The summed E-state index contributed by atoms with van der Waals surface area (Å²) in [6.45, 7) is 6.73. The highest BCUT2D eigenvalue weighted by Gasteiger charge is 2.09. The molecule has 0 heterocycles. The van der Waals surface area contributed by atoms with Gasteiger partial charge in [-0.25, -0.2) is 0 Å². The van der Waals surface area contributed by atoms with Gasteiger partial charge in [0, 0.05) is 12.1 Å². The Balaban J connectivity index is 1.82. The zero-order valence-corrected chi connectivity index (χ0v) is 14.9. The predicted molar refractivity (Wildman–Crippen MR) is 97.7 cm³/mol. The van der Waals surface area contributed by atoms with E-state index in [1.807, 2.05) is 51.1 Å². The van der Waals surface area contributed by atoms with Gasteiger partial charge in [-0.1, -0.05) is 29.3 Å². The SMILES string of the molecule is CCOc1cccc(CNC(=O)CNC(=O)c2cc(C)cc(C)c2)c1. The van der Waals surface area contributed by atoms with Gasteiger partial charge in [-0.15, -0.1) is 0 Å². The zero-order chi connectivity index (χ0) is 18.2. The number of nitrogens with one attached hydrogen (secondary N) is 2. The first-order chi connectivity index (χ1) is 12.0. The average molecular weight is 340 g/mol. The second-order valence-corrected chi connectivity index (χ2v) is 5.92. The Morgan fingerprint density at radius 2 is 1.72 bits per heavy atom. The first-order valence-corrected chi connectivity index (χ1v) is 8.33. The Labute approximate surface area is 148 Å². The van der Waals surface area contributed by atoms with Gasteiger partial charge in [0.05, 0.1) is 13.2 Å². The van der Waals surface area contributed by atoms with Crippen LogP contribution in [-0.2, 0) is 11.3 Å². The Morgan fingerprint density at radius 3 is 2.40 bits per heavy atom. The van der Waals surface area contributed by atoms with Crippen LogP contribution in [0.4, 0.5) is 0 Å². The molecule has 0 spiro atoms. The molecule has 2 aromatic carbocycles. The van der Waals surface area contributed by atoms with Gasteiger partial charge in [-0.05, 0) is 50.6 Å². The normalized spacial score (nSPS) is 10.2. The van der Waals surface area contributed by atoms with E-state index in [-0.39, 0.29) is 18.4 Å². The molecule has 0 saturated carbocycles. The molecule has 0 aliphatic carbocycles. The highest BCUT2D eigenvalue weighted by Crippen LogP contribution is 2.13. The third-order valence-electron chi connectivity index (χ3n) is 3.59. The molecule has 2 rings (SSSR count). The number of hydrogen-bond donors (Lipinski definition) is 2. The number of benzene rings is 2. The van der Waals surface area contributed by atoms with E-state index in [1.54, 1.807) is 12.1 Å². The molecule has 5 nitrogen and oxygen atoms in total. The summed E-state index contributed by atoms with van der Waals surface area (Å²) in [6.07, 6.45) is 0. The van der Waals surface area contributed by atoms with Gasteiger partial charge in [0.2, 0.25) is 5.91 Å². The van der Waals surface area contributed by atoms with Crippen molar-refractivity contribution in [3.8, 4) is 5.75 Å². The maximum Gasteiger partial charge on any atom is 0.251 e. The number of ether oxygens (including phenoxy) is 1. The molecule has 0 radical (unpaired) electrons. The number of carbonyl (C=O) groups excluding carboxylic acids is 2. The van der Waals surface area contributed by atoms with E-state index >= 15 is 0 Å². The first kappa shape index (κ1) is 18.5. The highest BCUT2D eigenvalue weighted by atomic mass is 16.5. The molecule has 0 fully saturated rings. The van der Waals surface area contributed by atoms with Crippen molar-refractivity contribution in [3.05, 3.63) is 64.7 Å². The van der Waals surface area contributed by atoms with Gasteiger partial charge in [0.15, 0.2) is 0 Å². The minimum Gasteiger partial charge on any atom is -0.494 e. The quantitative estimate of drug-likeness (QED) is 0.814. The fourth-order valence-corrected chi connectivity index (χ4v) is 2.54. The molecular weight excluding hydrogens is 316 g/mol. The van der Waals surface area contributed by atoms with E-state index in [0.717, 1.165) is 22.4 Å². The fraction of sp³-hybridized carbons (Fsp3) is 0.300. The highest BCUT2D eigenvalue weighted by molar-refractivity contribution is 5.96. The summed E-state index contributed by atoms with van der Waals surface area (Å²) in [5.74, 6) is 0.289. The number of rotatable bonds is 7. The number of amides is 2. The molecule has 132 valence electrons. The van der Waals surface area contributed by atoms with Crippen LogP contribution in [0.5, 0.6) is 5.75 Å². The van der Waals surface area contributed by atoms with Crippen molar-refractivity contribution in [3.63, 3.8) is 0 Å². The summed E-state index contributed by atoms with van der Waals surface area (Å²) >= 11 is 0. The number of carbonyl (C=O) groups is 2. The van der Waals surface area contributed by atoms with E-state index in [1.165, 1.54) is 0 Å². The second-order valence-electron chi connectivity index (χ2n) is 5.92. The summed E-state index contributed by atoms with van der Waals surface area (Å²) in [4.78, 5) is 24.1. The molecule has 2 amide bonds. The van der Waals surface area contributed by atoms with Gasteiger partial charge in [-0.3, -0.25) is 9.59 Å². The van der Waals surface area contributed by atoms with Crippen LogP contribution in [0.3, 0.4) is 0 Å². The van der Waals surface area contributed by atoms with Gasteiger partial charge in [0.1, 0.15) is 5.75 Å². The molecule has 5 heteroatoms. The molecule has 0 aliphatic heterocycles. The molecule has 2 aromatic rings. The Bertz CT molecular complexity index is 736. The molecule has 0 atom stereocenters. The average Bonchev–Trinajstić information content (AvgIpc) is 2.57. The van der Waals surface area contributed by atoms with Crippen LogP contribution < -0.4 is 15.4 Å². The van der Waals surface area contributed by atoms with Crippen molar-refractivity contribution in [2.45, 2.75) is 27.3 Å². The largest absolute Gasteiger partial charge is 0.494 e. The summed E-state index contributed by atoms with van der Waals surface area (Å²) in [6, 6.07) is 13.2. The lowest BCUT2D eigenvalue weighted by molar-refractivity contribution is -0.120. The van der Waals surface area contributed by atoms with Crippen molar-refractivity contribution in [1.82, 2.24) is 10.6 Å². The van der Waals surface area contributed by atoms with E-state index < -0.39 is 0 Å². The van der Waals surface area contributed by atoms with Crippen molar-refractivity contribution < 1.29 is 14.3 Å². The molecule has 0 bridgehead atoms. The predicted octanol–water partition coefficient (Wildman–Crippen LogP) is 2.75. The summed E-state index contributed by atoms with van der Waals surface area (Å²) in [5, 5.41) is 5.43. The summed E-state index contributed by atoms with van der Waals surface area (Å²) in [5.41, 5.74) is 3.54. The number of aryl methyl sites for hydroxylation is 2. The standard InChI is InChI=1S/C20H24N2O3/c1-4-25-18-7-5-6-16(11-18)12-21-19(23)13-22-20(24)17-9-14(2)8-15(3)10-17/h5-11H,4,12-13H2,1-3H3,(H,21,23)(H,22,24). The summed E-state index contributed by atoms with van der Waals surface area (Å²) in [7, 11) is 0. The maximum atomic E-state index is 12.1. The van der Waals surface area contributed by atoms with Crippen LogP contribution >= 0.6 is 0 Å². The molecule has 2 N–H and O–H groups in total. The Kier molecular flexibility index (Phi) is 6.57. The topological polar surface area (TPSA) is 67.4 Å². The maximum absolute atomic E-state index is 12.1. The third-order valence-corrected chi connectivity index (χ3v) is 3.59. The van der Waals surface area contributed by atoms with Crippen LogP contribution in [0, 0.1) is 13.8 Å². The number of hydrogen-bond acceptors (Lipinski definition) is 3. The smallest absolute Gasteiger partial charge is 0.251 e. The van der Waals surface area contributed by atoms with Crippen LogP contribution in [-0.4, -0.2) is 25.0 Å². The van der Waals surface area contributed by atoms with E-state index in [9.17, 15) is 9.59 Å². The third kappa shape index (κ3) is 5.95. The second kappa shape index (κ2) is 8.87. The van der Waals surface area contributed by atoms with Crippen molar-refractivity contribution in [1.29, 1.82) is 0 Å². The molecule has 0 unspecified atom stereocenters. The van der Waals surface area contributed by atoms with Crippen molar-refractivity contribution in [2.75, 3.05) is 13.2 Å². The fourth-order valence-electron chi connectivity index (χ4n) is 2.54. The van der Waals surface area contributed by atoms with Gasteiger partial charge >= 0.3 is 0 Å². The van der Waals surface area contributed by atoms with Crippen LogP contribution in [0.1, 0.15) is 34.0 Å². The lowest BCUT2D eigenvalue weighted by Crippen LogP contribution is -2.36. The summed E-state index contributed by atoms with van der Waals surface area (Å²) < 4.78 is 5.43. The lowest BCUT2D eigenvalue weighted by atomic mass is 10.1. The van der Waals surface area contributed by atoms with Gasteiger partial charge in [-0.2, -0.15) is 0 Å².